The zero-order valence-electron chi connectivity index (χ0n) is 7.07. The molecule has 0 saturated heterocycles. The largest absolute Gasteiger partial charge is 0.0912 e. The fourth-order valence-corrected chi connectivity index (χ4v) is 1.48. The minimum atomic E-state index is -0.781. The van der Waals surface area contributed by atoms with E-state index in [9.17, 15) is 0 Å². The molecule has 0 nitrogen and oxygen atoms in total. The Balaban J connectivity index is 3.38. The Kier molecular flexibility index (Phi) is 3.87. The third kappa shape index (κ3) is 7.96. The van der Waals surface area contributed by atoms with Crippen LogP contribution in [0.3, 0.4) is 0 Å². The van der Waals surface area contributed by atoms with E-state index in [1.165, 1.54) is 12.5 Å². The van der Waals surface area contributed by atoms with Crippen molar-refractivity contribution in [3.05, 3.63) is 12.2 Å². The second-order valence-corrected chi connectivity index (χ2v) is 9.17. The summed E-state index contributed by atoms with van der Waals surface area (Å²) in [5, 5.41) is 0. The Hall–Kier alpha value is -0.0431. The van der Waals surface area contributed by atoms with E-state index in [2.05, 4.69) is 38.7 Å². The Morgan fingerprint density at radius 1 is 1.11 bits per heavy atom. The maximum Gasteiger partial charge on any atom is 0.0480 e. The molecule has 0 N–H and O–H groups in total. The van der Waals surface area contributed by atoms with Crippen LogP contribution in [0.5, 0.6) is 0 Å². The van der Waals surface area contributed by atoms with Gasteiger partial charge in [-0.25, -0.2) is 0 Å². The molecule has 0 aliphatic carbocycles. The topological polar surface area (TPSA) is 0 Å². The zero-order valence-corrected chi connectivity index (χ0v) is 8.07. The van der Waals surface area contributed by atoms with E-state index in [4.69, 9.17) is 0 Å². The van der Waals surface area contributed by atoms with Gasteiger partial charge in [-0.05, 0) is 12.5 Å². The molecule has 0 heterocycles. The summed E-state index contributed by atoms with van der Waals surface area (Å²) in [6.07, 6.45) is 5.77. The van der Waals surface area contributed by atoms with Gasteiger partial charge in [0.25, 0.3) is 0 Å². The minimum absolute atomic E-state index is 0.781. The van der Waals surface area contributed by atoms with Crippen LogP contribution in [0.1, 0.15) is 13.3 Å². The van der Waals surface area contributed by atoms with E-state index in [0.29, 0.717) is 0 Å². The first kappa shape index (κ1) is 8.96. The van der Waals surface area contributed by atoms with Crippen LogP contribution in [0.2, 0.25) is 25.7 Å². The van der Waals surface area contributed by atoms with Gasteiger partial charge in [-0.2, -0.15) is 0 Å². The average molecular weight is 142 g/mol. The van der Waals surface area contributed by atoms with Crippen LogP contribution < -0.4 is 0 Å². The lowest BCUT2D eigenvalue weighted by Crippen LogP contribution is -2.17. The van der Waals surface area contributed by atoms with Crippen molar-refractivity contribution in [2.24, 2.45) is 0 Å². The summed E-state index contributed by atoms with van der Waals surface area (Å²) in [7, 11) is -0.781. The van der Waals surface area contributed by atoms with E-state index in [1.807, 2.05) is 0 Å². The smallest absolute Gasteiger partial charge is 0.0480 e. The van der Waals surface area contributed by atoms with Gasteiger partial charge in [0.15, 0.2) is 0 Å². The molecular weight excluding hydrogens is 124 g/mol. The van der Waals surface area contributed by atoms with E-state index in [1.54, 1.807) is 0 Å². The molecule has 0 unspecified atom stereocenters. The molecule has 0 aromatic rings. The van der Waals surface area contributed by atoms with Crippen LogP contribution in [0.4, 0.5) is 0 Å². The van der Waals surface area contributed by atoms with Crippen LogP contribution in [0.25, 0.3) is 0 Å². The van der Waals surface area contributed by atoms with Crippen molar-refractivity contribution in [1.82, 2.24) is 0 Å². The highest BCUT2D eigenvalue weighted by Crippen LogP contribution is 2.08. The molecule has 0 bridgehead atoms. The molecule has 0 aliphatic heterocycles. The molecule has 0 aromatic heterocycles. The zero-order chi connectivity index (χ0) is 7.33. The lowest BCUT2D eigenvalue weighted by molar-refractivity contribution is 1.21. The van der Waals surface area contributed by atoms with Gasteiger partial charge in [-0.15, -0.1) is 0 Å². The molecule has 0 rings (SSSR count). The van der Waals surface area contributed by atoms with Crippen molar-refractivity contribution in [3.63, 3.8) is 0 Å². The number of hydrogen-bond acceptors (Lipinski definition) is 0. The van der Waals surface area contributed by atoms with Gasteiger partial charge in [-0.3, -0.25) is 0 Å². The molecule has 0 atom stereocenters. The highest BCUT2D eigenvalue weighted by molar-refractivity contribution is 6.76. The summed E-state index contributed by atoms with van der Waals surface area (Å²) < 4.78 is 0. The van der Waals surface area contributed by atoms with Gasteiger partial charge < -0.3 is 0 Å². The fraction of sp³-hybridized carbons (Fsp3) is 0.750. The monoisotopic (exact) mass is 142 g/mol. The highest BCUT2D eigenvalue weighted by Gasteiger charge is 2.08. The Labute approximate surface area is 60.0 Å². The van der Waals surface area contributed by atoms with Crippen LogP contribution in [-0.2, 0) is 0 Å². The van der Waals surface area contributed by atoms with Crippen molar-refractivity contribution >= 4 is 8.07 Å². The number of rotatable bonds is 3. The Bertz CT molecular complexity index is 87.2. The lowest BCUT2D eigenvalue weighted by Gasteiger charge is -2.11. The van der Waals surface area contributed by atoms with Crippen LogP contribution in [0, 0.1) is 0 Å². The quantitative estimate of drug-likeness (QED) is 0.419. The summed E-state index contributed by atoms with van der Waals surface area (Å²) in [5.74, 6) is 0. The summed E-state index contributed by atoms with van der Waals surface area (Å²) in [5.41, 5.74) is 0. The predicted molar refractivity (Wildman–Crippen MR) is 47.6 cm³/mol. The summed E-state index contributed by atoms with van der Waals surface area (Å²) in [4.78, 5) is 0. The second kappa shape index (κ2) is 3.88. The molecule has 0 spiro atoms. The minimum Gasteiger partial charge on any atom is -0.0912 e. The molecule has 0 saturated carbocycles. The van der Waals surface area contributed by atoms with Gasteiger partial charge in [0.2, 0.25) is 0 Å². The van der Waals surface area contributed by atoms with Gasteiger partial charge in [0.05, 0.1) is 0 Å². The second-order valence-electron chi connectivity index (χ2n) is 3.64. The first-order valence-electron chi connectivity index (χ1n) is 3.71. The Morgan fingerprint density at radius 3 is 2.00 bits per heavy atom. The molecule has 9 heavy (non-hydrogen) atoms. The number of hydrogen-bond donors (Lipinski definition) is 0. The maximum atomic E-state index is 2.40. The standard InChI is InChI=1S/C8H18Si/c1-5-6-7-8-9(2,3)4/h6-7H,5,8H2,1-4H3. The molecule has 0 fully saturated rings. The van der Waals surface area contributed by atoms with Crippen LogP contribution >= 0.6 is 0 Å². The summed E-state index contributed by atoms with van der Waals surface area (Å²) in [6.45, 7) is 9.37. The third-order valence-corrected chi connectivity index (χ3v) is 2.59. The lowest BCUT2D eigenvalue weighted by atomic mass is 10.4. The first-order valence-corrected chi connectivity index (χ1v) is 7.42. The molecule has 0 aliphatic rings. The fourth-order valence-electron chi connectivity index (χ4n) is 0.604. The van der Waals surface area contributed by atoms with Crippen LogP contribution in [0.15, 0.2) is 12.2 Å². The third-order valence-electron chi connectivity index (χ3n) is 1.13. The van der Waals surface area contributed by atoms with Gasteiger partial charge in [0.1, 0.15) is 0 Å². The molecular formula is C8H18Si. The van der Waals surface area contributed by atoms with Crippen LogP contribution in [-0.4, -0.2) is 8.07 Å². The SMILES string of the molecule is CCC=CC[Si](C)(C)C. The van der Waals surface area contributed by atoms with Crippen molar-refractivity contribution in [3.8, 4) is 0 Å². The maximum absolute atomic E-state index is 2.40. The van der Waals surface area contributed by atoms with Gasteiger partial charge >= 0.3 is 0 Å². The molecule has 54 valence electrons. The van der Waals surface area contributed by atoms with Crippen molar-refractivity contribution in [2.75, 3.05) is 0 Å². The Morgan fingerprint density at radius 2 is 1.67 bits per heavy atom. The van der Waals surface area contributed by atoms with Crippen molar-refractivity contribution < 1.29 is 0 Å². The molecule has 0 aromatic carbocycles. The van der Waals surface area contributed by atoms with E-state index in [-0.39, 0.29) is 0 Å². The van der Waals surface area contributed by atoms with E-state index >= 15 is 0 Å². The predicted octanol–water partition coefficient (Wildman–Crippen LogP) is 3.29. The summed E-state index contributed by atoms with van der Waals surface area (Å²) in [6, 6.07) is 1.33. The number of allylic oxidation sites excluding steroid dienone is 2. The van der Waals surface area contributed by atoms with E-state index < -0.39 is 8.07 Å². The average Bonchev–Trinajstić information content (AvgIpc) is 1.63. The van der Waals surface area contributed by atoms with E-state index in [0.717, 1.165) is 0 Å². The van der Waals surface area contributed by atoms with Crippen molar-refractivity contribution in [2.45, 2.75) is 39.0 Å². The molecule has 1 heteroatoms. The summed E-state index contributed by atoms with van der Waals surface area (Å²) >= 11 is 0. The van der Waals surface area contributed by atoms with Gasteiger partial charge in [-0.1, -0.05) is 38.7 Å². The van der Waals surface area contributed by atoms with Gasteiger partial charge in [0, 0.05) is 8.07 Å². The van der Waals surface area contributed by atoms with Crippen molar-refractivity contribution in [1.29, 1.82) is 0 Å². The molecule has 0 amide bonds. The highest BCUT2D eigenvalue weighted by atomic mass is 28.3. The normalized spacial score (nSPS) is 12.9. The first-order chi connectivity index (χ1) is 4.06. The molecule has 0 radical (unpaired) electrons.